The molecule has 0 unspecified atom stereocenters. The maximum Gasteiger partial charge on any atom is 0.313 e. The maximum absolute atomic E-state index is 12.0. The Morgan fingerprint density at radius 1 is 1.33 bits per heavy atom. The second-order valence-corrected chi connectivity index (χ2v) is 5.98. The summed E-state index contributed by atoms with van der Waals surface area (Å²) in [6.45, 7) is 4.39. The number of carbonyl (C=O) groups excluding carboxylic acids is 1. The number of hydrogen-bond donors (Lipinski definition) is 1. The van der Waals surface area contributed by atoms with Crippen LogP contribution in [0.5, 0.6) is 0 Å². The van der Waals surface area contributed by atoms with Gasteiger partial charge in [0.25, 0.3) is 0 Å². The number of carbonyl (C=O) groups is 2. The third-order valence-electron chi connectivity index (χ3n) is 3.42. The van der Waals surface area contributed by atoms with E-state index in [1.165, 1.54) is 11.8 Å². The summed E-state index contributed by atoms with van der Waals surface area (Å²) in [4.78, 5) is 23.5. The highest BCUT2D eigenvalue weighted by Crippen LogP contribution is 2.20. The van der Waals surface area contributed by atoms with Gasteiger partial charge in [0.05, 0.1) is 12.3 Å². The SMILES string of the molecule is CCN1CCCC(=O)N1Cc1ccc(SCC(=O)O)cc1. The fourth-order valence-corrected chi connectivity index (χ4v) is 2.97. The number of benzene rings is 1. The van der Waals surface area contributed by atoms with E-state index in [0.29, 0.717) is 13.0 Å². The fourth-order valence-electron chi connectivity index (χ4n) is 2.35. The summed E-state index contributed by atoms with van der Waals surface area (Å²) >= 11 is 1.30. The molecule has 0 saturated carbocycles. The molecule has 21 heavy (non-hydrogen) atoms. The molecule has 1 amide bonds. The van der Waals surface area contributed by atoms with Crippen LogP contribution in [0, 0.1) is 0 Å². The maximum atomic E-state index is 12.0. The zero-order valence-corrected chi connectivity index (χ0v) is 12.9. The Morgan fingerprint density at radius 2 is 2.05 bits per heavy atom. The summed E-state index contributed by atoms with van der Waals surface area (Å²) in [7, 11) is 0. The van der Waals surface area contributed by atoms with Crippen LogP contribution in [0.25, 0.3) is 0 Å². The van der Waals surface area contributed by atoms with Gasteiger partial charge >= 0.3 is 5.97 Å². The Balaban J connectivity index is 1.98. The van der Waals surface area contributed by atoms with Gasteiger partial charge in [0.15, 0.2) is 0 Å². The molecule has 1 saturated heterocycles. The van der Waals surface area contributed by atoms with E-state index in [2.05, 4.69) is 11.9 Å². The lowest BCUT2D eigenvalue weighted by atomic mass is 10.2. The Morgan fingerprint density at radius 3 is 2.67 bits per heavy atom. The number of hydrazine groups is 1. The van der Waals surface area contributed by atoms with Crippen molar-refractivity contribution in [3.63, 3.8) is 0 Å². The highest BCUT2D eigenvalue weighted by molar-refractivity contribution is 8.00. The molecule has 1 fully saturated rings. The first kappa shape index (κ1) is 15.9. The summed E-state index contributed by atoms with van der Waals surface area (Å²) in [5.74, 6) is -0.581. The van der Waals surface area contributed by atoms with Gasteiger partial charge < -0.3 is 5.11 Å². The Labute approximate surface area is 128 Å². The molecule has 2 rings (SSSR count). The Kier molecular flexibility index (Phi) is 5.64. The zero-order chi connectivity index (χ0) is 15.2. The standard InChI is InChI=1S/C15H20N2O3S/c1-2-16-9-3-4-14(18)17(16)10-12-5-7-13(8-6-12)21-11-15(19)20/h5-8H,2-4,9-11H2,1H3,(H,19,20). The number of nitrogens with zero attached hydrogens (tertiary/aromatic N) is 2. The van der Waals surface area contributed by atoms with Crippen molar-refractivity contribution in [2.45, 2.75) is 31.2 Å². The number of thioether (sulfide) groups is 1. The van der Waals surface area contributed by atoms with Gasteiger partial charge in [0.2, 0.25) is 5.91 Å². The van der Waals surface area contributed by atoms with Crippen molar-refractivity contribution in [1.29, 1.82) is 0 Å². The first-order chi connectivity index (χ1) is 10.1. The molecule has 1 heterocycles. The Bertz CT molecular complexity index is 504. The molecule has 0 aliphatic carbocycles. The van der Waals surface area contributed by atoms with E-state index in [-0.39, 0.29) is 11.7 Å². The molecule has 1 aliphatic heterocycles. The van der Waals surface area contributed by atoms with E-state index in [1.54, 1.807) is 0 Å². The number of carboxylic acid groups (broad SMARTS) is 1. The molecular weight excluding hydrogens is 288 g/mol. The minimum atomic E-state index is -0.818. The lowest BCUT2D eigenvalue weighted by molar-refractivity contribution is -0.156. The van der Waals surface area contributed by atoms with Gasteiger partial charge in [0, 0.05) is 24.4 Å². The van der Waals surface area contributed by atoms with Gasteiger partial charge in [-0.2, -0.15) is 0 Å². The van der Waals surface area contributed by atoms with Crippen LogP contribution in [-0.4, -0.2) is 45.8 Å². The third-order valence-corrected chi connectivity index (χ3v) is 4.42. The molecule has 1 aromatic rings. The van der Waals surface area contributed by atoms with Crippen LogP contribution in [0.2, 0.25) is 0 Å². The molecule has 1 aliphatic rings. The largest absolute Gasteiger partial charge is 0.481 e. The first-order valence-corrected chi connectivity index (χ1v) is 8.07. The zero-order valence-electron chi connectivity index (χ0n) is 12.1. The van der Waals surface area contributed by atoms with E-state index >= 15 is 0 Å². The van der Waals surface area contributed by atoms with E-state index in [4.69, 9.17) is 5.11 Å². The third kappa shape index (κ3) is 4.47. The van der Waals surface area contributed by atoms with E-state index < -0.39 is 5.97 Å². The number of rotatable bonds is 6. The molecule has 0 bridgehead atoms. The normalized spacial score (nSPS) is 16.2. The fraction of sp³-hybridized carbons (Fsp3) is 0.467. The lowest BCUT2D eigenvalue weighted by Gasteiger charge is -2.38. The number of hydrogen-bond acceptors (Lipinski definition) is 4. The van der Waals surface area contributed by atoms with Crippen molar-refractivity contribution in [2.75, 3.05) is 18.8 Å². The average molecular weight is 308 g/mol. The van der Waals surface area contributed by atoms with Crippen LogP contribution in [0.15, 0.2) is 29.2 Å². The topological polar surface area (TPSA) is 60.9 Å². The molecular formula is C15H20N2O3S. The van der Waals surface area contributed by atoms with E-state index in [0.717, 1.165) is 30.0 Å². The highest BCUT2D eigenvalue weighted by Gasteiger charge is 2.24. The van der Waals surface area contributed by atoms with Crippen LogP contribution >= 0.6 is 11.8 Å². The van der Waals surface area contributed by atoms with Gasteiger partial charge in [0.1, 0.15) is 0 Å². The molecule has 1 aromatic carbocycles. The molecule has 0 radical (unpaired) electrons. The summed E-state index contributed by atoms with van der Waals surface area (Å²) in [5.41, 5.74) is 1.06. The predicted molar refractivity (Wildman–Crippen MR) is 81.8 cm³/mol. The quantitative estimate of drug-likeness (QED) is 0.817. The first-order valence-electron chi connectivity index (χ1n) is 7.09. The number of amides is 1. The van der Waals surface area contributed by atoms with Crippen molar-refractivity contribution in [3.8, 4) is 0 Å². The monoisotopic (exact) mass is 308 g/mol. The van der Waals surface area contributed by atoms with Gasteiger partial charge in [-0.05, 0) is 24.1 Å². The number of aliphatic carboxylic acids is 1. The summed E-state index contributed by atoms with van der Waals surface area (Å²) in [5, 5.41) is 12.6. The van der Waals surface area contributed by atoms with Crippen molar-refractivity contribution in [3.05, 3.63) is 29.8 Å². The minimum absolute atomic E-state index is 0.0631. The minimum Gasteiger partial charge on any atom is -0.481 e. The van der Waals surface area contributed by atoms with Gasteiger partial charge in [-0.25, -0.2) is 5.01 Å². The van der Waals surface area contributed by atoms with Gasteiger partial charge in [-0.1, -0.05) is 19.1 Å². The van der Waals surface area contributed by atoms with E-state index in [1.807, 2.05) is 29.3 Å². The molecule has 1 N–H and O–H groups in total. The molecule has 0 spiro atoms. The van der Waals surface area contributed by atoms with Crippen molar-refractivity contribution in [2.24, 2.45) is 0 Å². The van der Waals surface area contributed by atoms with Crippen molar-refractivity contribution in [1.82, 2.24) is 10.0 Å². The summed E-state index contributed by atoms with van der Waals surface area (Å²) < 4.78 is 0. The van der Waals surface area contributed by atoms with Gasteiger partial charge in [-0.3, -0.25) is 14.6 Å². The second-order valence-electron chi connectivity index (χ2n) is 4.93. The molecule has 6 heteroatoms. The Hall–Kier alpha value is -1.53. The van der Waals surface area contributed by atoms with Crippen molar-refractivity contribution < 1.29 is 14.7 Å². The van der Waals surface area contributed by atoms with Crippen LogP contribution in [0.3, 0.4) is 0 Å². The van der Waals surface area contributed by atoms with Crippen LogP contribution < -0.4 is 0 Å². The second kappa shape index (κ2) is 7.47. The molecule has 5 nitrogen and oxygen atoms in total. The molecule has 0 aromatic heterocycles. The van der Waals surface area contributed by atoms with Crippen LogP contribution in [0.1, 0.15) is 25.3 Å². The van der Waals surface area contributed by atoms with E-state index in [9.17, 15) is 9.59 Å². The predicted octanol–water partition coefficient (Wildman–Crippen LogP) is 2.22. The lowest BCUT2D eigenvalue weighted by Crippen LogP contribution is -2.49. The van der Waals surface area contributed by atoms with Crippen LogP contribution in [0.4, 0.5) is 0 Å². The van der Waals surface area contributed by atoms with Gasteiger partial charge in [-0.15, -0.1) is 11.8 Å². The van der Waals surface area contributed by atoms with Crippen LogP contribution in [-0.2, 0) is 16.1 Å². The summed E-state index contributed by atoms with van der Waals surface area (Å²) in [6, 6.07) is 7.74. The molecule has 0 atom stereocenters. The smallest absolute Gasteiger partial charge is 0.313 e. The highest BCUT2D eigenvalue weighted by atomic mass is 32.2. The molecule has 114 valence electrons. The summed E-state index contributed by atoms with van der Waals surface area (Å²) in [6.07, 6.45) is 1.54. The van der Waals surface area contributed by atoms with Crippen molar-refractivity contribution >= 4 is 23.6 Å². The average Bonchev–Trinajstić information content (AvgIpc) is 2.48. The number of carboxylic acids is 1.